The lowest BCUT2D eigenvalue weighted by atomic mass is 10.1. The van der Waals surface area contributed by atoms with E-state index in [-0.39, 0.29) is 0 Å². The number of alkyl halides is 1. The van der Waals surface area contributed by atoms with Crippen molar-refractivity contribution in [1.82, 2.24) is 5.32 Å². The first-order valence-electron chi connectivity index (χ1n) is 6.29. The van der Waals surface area contributed by atoms with Crippen molar-refractivity contribution in [3.05, 3.63) is 0 Å². The van der Waals surface area contributed by atoms with Crippen molar-refractivity contribution in [1.29, 1.82) is 0 Å². The molecule has 2 nitrogen and oxygen atoms in total. The normalized spacial score (nSPS) is 23.2. The van der Waals surface area contributed by atoms with E-state index in [0.717, 1.165) is 32.5 Å². The minimum atomic E-state index is 0.343. The summed E-state index contributed by atoms with van der Waals surface area (Å²) < 4.78 is 5.57. The van der Waals surface area contributed by atoms with Gasteiger partial charge in [-0.2, -0.15) is 0 Å². The maximum Gasteiger partial charge on any atom is 0.0576 e. The van der Waals surface area contributed by atoms with Gasteiger partial charge < -0.3 is 10.1 Å². The molecule has 1 fully saturated rings. The third-order valence-electron chi connectivity index (χ3n) is 2.98. The van der Waals surface area contributed by atoms with E-state index in [1.165, 1.54) is 25.7 Å². The van der Waals surface area contributed by atoms with Gasteiger partial charge in [0.1, 0.15) is 0 Å². The molecule has 15 heavy (non-hydrogen) atoms. The molecular formula is C12H24ClNO. The Morgan fingerprint density at radius 2 is 2.33 bits per heavy atom. The predicted molar refractivity (Wildman–Crippen MR) is 65.6 cm³/mol. The second-order valence-corrected chi connectivity index (χ2v) is 4.94. The van der Waals surface area contributed by atoms with Crippen molar-refractivity contribution < 1.29 is 4.74 Å². The van der Waals surface area contributed by atoms with Gasteiger partial charge in [0.2, 0.25) is 0 Å². The molecule has 1 rings (SSSR count). The molecule has 0 bridgehead atoms. The molecule has 2 unspecified atom stereocenters. The monoisotopic (exact) mass is 233 g/mol. The van der Waals surface area contributed by atoms with Gasteiger partial charge in [-0.1, -0.05) is 6.92 Å². The number of halogens is 1. The topological polar surface area (TPSA) is 21.3 Å². The quantitative estimate of drug-likeness (QED) is 0.514. The summed E-state index contributed by atoms with van der Waals surface area (Å²) in [5.74, 6) is 0. The minimum absolute atomic E-state index is 0.343. The van der Waals surface area contributed by atoms with Crippen molar-refractivity contribution in [3.8, 4) is 0 Å². The Kier molecular flexibility index (Phi) is 7.41. The van der Waals surface area contributed by atoms with Gasteiger partial charge in [0, 0.05) is 12.0 Å². The molecular weight excluding hydrogens is 210 g/mol. The standard InChI is InChI=1S/C12H24ClNO/c1-2-11(13)7-9-14-8-3-5-12-6-4-10-15-12/h11-12,14H,2-10H2,1H3. The van der Waals surface area contributed by atoms with E-state index in [4.69, 9.17) is 16.3 Å². The largest absolute Gasteiger partial charge is 0.378 e. The second-order valence-electron chi connectivity index (χ2n) is 4.32. The molecule has 0 aromatic heterocycles. The summed E-state index contributed by atoms with van der Waals surface area (Å²) in [6.45, 7) is 5.26. The second kappa shape index (κ2) is 8.37. The number of nitrogens with one attached hydrogen (secondary N) is 1. The molecule has 0 aromatic carbocycles. The molecule has 2 atom stereocenters. The Balaban J connectivity index is 1.80. The average molecular weight is 234 g/mol. The molecule has 1 aliphatic heterocycles. The fourth-order valence-electron chi connectivity index (χ4n) is 1.91. The first-order valence-corrected chi connectivity index (χ1v) is 6.73. The van der Waals surface area contributed by atoms with Gasteiger partial charge >= 0.3 is 0 Å². The van der Waals surface area contributed by atoms with Crippen LogP contribution in [0.4, 0.5) is 0 Å². The Labute approximate surface area is 98.7 Å². The van der Waals surface area contributed by atoms with E-state index in [1.54, 1.807) is 0 Å². The van der Waals surface area contributed by atoms with Gasteiger partial charge in [0.25, 0.3) is 0 Å². The first-order chi connectivity index (χ1) is 7.33. The third kappa shape index (κ3) is 6.39. The number of hydrogen-bond acceptors (Lipinski definition) is 2. The van der Waals surface area contributed by atoms with Crippen molar-refractivity contribution >= 4 is 11.6 Å². The van der Waals surface area contributed by atoms with Gasteiger partial charge in [0.05, 0.1) is 6.10 Å². The van der Waals surface area contributed by atoms with Crippen molar-refractivity contribution in [2.45, 2.75) is 56.9 Å². The summed E-state index contributed by atoms with van der Waals surface area (Å²) in [7, 11) is 0. The molecule has 0 saturated carbocycles. The number of rotatable bonds is 8. The Morgan fingerprint density at radius 1 is 1.47 bits per heavy atom. The fourth-order valence-corrected chi connectivity index (χ4v) is 2.02. The molecule has 1 N–H and O–H groups in total. The van der Waals surface area contributed by atoms with Crippen LogP contribution >= 0.6 is 11.6 Å². The van der Waals surface area contributed by atoms with Crippen LogP contribution in [0, 0.1) is 0 Å². The summed E-state index contributed by atoms with van der Waals surface area (Å²) in [4.78, 5) is 0. The van der Waals surface area contributed by atoms with Crippen LogP contribution in [0.25, 0.3) is 0 Å². The zero-order valence-electron chi connectivity index (χ0n) is 9.80. The van der Waals surface area contributed by atoms with Gasteiger partial charge in [-0.25, -0.2) is 0 Å². The molecule has 0 radical (unpaired) electrons. The summed E-state index contributed by atoms with van der Waals surface area (Å²) >= 11 is 6.02. The Hall–Kier alpha value is 0.210. The molecule has 1 aliphatic rings. The van der Waals surface area contributed by atoms with Crippen LogP contribution in [0.5, 0.6) is 0 Å². The summed E-state index contributed by atoms with van der Waals surface area (Å²) in [6, 6.07) is 0. The molecule has 0 spiro atoms. The SMILES string of the molecule is CCC(Cl)CCNCCCC1CCCO1. The van der Waals surface area contributed by atoms with Gasteiger partial charge in [-0.15, -0.1) is 11.6 Å². The highest BCUT2D eigenvalue weighted by Gasteiger charge is 2.14. The van der Waals surface area contributed by atoms with Crippen LogP contribution in [0.1, 0.15) is 45.4 Å². The van der Waals surface area contributed by atoms with Crippen LogP contribution in [-0.4, -0.2) is 31.2 Å². The van der Waals surface area contributed by atoms with E-state index < -0.39 is 0 Å². The summed E-state index contributed by atoms with van der Waals surface area (Å²) in [5, 5.41) is 3.78. The number of hydrogen-bond donors (Lipinski definition) is 1. The van der Waals surface area contributed by atoms with Crippen LogP contribution in [0.3, 0.4) is 0 Å². The molecule has 1 heterocycles. The van der Waals surface area contributed by atoms with Crippen LogP contribution in [0.2, 0.25) is 0 Å². The lowest BCUT2D eigenvalue weighted by Gasteiger charge is -2.10. The maximum absolute atomic E-state index is 6.02. The van der Waals surface area contributed by atoms with Crippen LogP contribution < -0.4 is 5.32 Å². The zero-order chi connectivity index (χ0) is 10.9. The highest BCUT2D eigenvalue weighted by molar-refractivity contribution is 6.20. The van der Waals surface area contributed by atoms with Gasteiger partial charge in [-0.05, 0) is 51.6 Å². The molecule has 1 saturated heterocycles. The van der Waals surface area contributed by atoms with E-state index >= 15 is 0 Å². The third-order valence-corrected chi connectivity index (χ3v) is 3.51. The van der Waals surface area contributed by atoms with Crippen LogP contribution in [-0.2, 0) is 4.74 Å². The van der Waals surface area contributed by atoms with Crippen molar-refractivity contribution in [2.24, 2.45) is 0 Å². The molecule has 0 aliphatic carbocycles. The lowest BCUT2D eigenvalue weighted by molar-refractivity contribution is 0.102. The van der Waals surface area contributed by atoms with E-state index in [1.807, 2.05) is 0 Å². The Morgan fingerprint density at radius 3 is 3.00 bits per heavy atom. The maximum atomic E-state index is 6.02. The van der Waals surface area contributed by atoms with Gasteiger partial charge in [0.15, 0.2) is 0 Å². The van der Waals surface area contributed by atoms with Crippen LogP contribution in [0.15, 0.2) is 0 Å². The van der Waals surface area contributed by atoms with Gasteiger partial charge in [-0.3, -0.25) is 0 Å². The van der Waals surface area contributed by atoms with Crippen molar-refractivity contribution in [2.75, 3.05) is 19.7 Å². The van der Waals surface area contributed by atoms with E-state index in [2.05, 4.69) is 12.2 Å². The van der Waals surface area contributed by atoms with Crippen molar-refractivity contribution in [3.63, 3.8) is 0 Å². The zero-order valence-corrected chi connectivity index (χ0v) is 10.6. The first kappa shape index (κ1) is 13.3. The number of ether oxygens (including phenoxy) is 1. The molecule has 0 aromatic rings. The predicted octanol–water partition coefficient (Wildman–Crippen LogP) is 2.94. The smallest absolute Gasteiger partial charge is 0.0576 e. The Bertz CT molecular complexity index is 149. The summed E-state index contributed by atoms with van der Waals surface area (Å²) in [5.41, 5.74) is 0. The van der Waals surface area contributed by atoms with E-state index in [9.17, 15) is 0 Å². The summed E-state index contributed by atoms with van der Waals surface area (Å²) in [6.07, 6.45) is 7.65. The lowest BCUT2D eigenvalue weighted by Crippen LogP contribution is -2.20. The molecule has 3 heteroatoms. The average Bonchev–Trinajstić information content (AvgIpc) is 2.75. The fraction of sp³-hybridized carbons (Fsp3) is 1.00. The highest BCUT2D eigenvalue weighted by atomic mass is 35.5. The molecule has 90 valence electrons. The minimum Gasteiger partial charge on any atom is -0.378 e. The molecule has 0 amide bonds. The highest BCUT2D eigenvalue weighted by Crippen LogP contribution is 2.16. The van der Waals surface area contributed by atoms with E-state index in [0.29, 0.717) is 11.5 Å².